The van der Waals surface area contributed by atoms with Crippen LogP contribution in [0, 0.1) is 5.82 Å². The molecule has 0 amide bonds. The first-order valence-electron chi connectivity index (χ1n) is 8.17. The number of guanidine groups is 1. The Bertz CT molecular complexity index is 675. The maximum Gasteiger partial charge on any atom is 0.191 e. The van der Waals surface area contributed by atoms with Crippen LogP contribution in [0.2, 0.25) is 0 Å². The zero-order valence-corrected chi connectivity index (χ0v) is 14.6. The van der Waals surface area contributed by atoms with E-state index in [1.165, 1.54) is 6.07 Å². The third-order valence-electron chi connectivity index (χ3n) is 3.57. The molecule has 0 aliphatic rings. The predicted molar refractivity (Wildman–Crippen MR) is 97.7 cm³/mol. The Morgan fingerprint density at radius 2 is 1.76 bits per heavy atom. The molecule has 0 unspecified atom stereocenters. The molecule has 0 fully saturated rings. The molecule has 0 aliphatic carbocycles. The van der Waals surface area contributed by atoms with Gasteiger partial charge in [-0.25, -0.2) is 4.39 Å². The fraction of sp³-hybridized carbons (Fsp3) is 0.316. The number of nitrogens with one attached hydrogen (secondary N) is 2. The lowest BCUT2D eigenvalue weighted by molar-refractivity contribution is 0.310. The Morgan fingerprint density at radius 1 is 1.04 bits per heavy atom. The topological polar surface area (TPSA) is 54.9 Å². The van der Waals surface area contributed by atoms with Gasteiger partial charge in [-0.15, -0.1) is 0 Å². The molecule has 5 nitrogen and oxygen atoms in total. The molecule has 2 rings (SSSR count). The van der Waals surface area contributed by atoms with E-state index in [0.29, 0.717) is 31.2 Å². The zero-order chi connectivity index (χ0) is 17.9. The third kappa shape index (κ3) is 6.33. The summed E-state index contributed by atoms with van der Waals surface area (Å²) < 4.78 is 24.3. The Hall–Kier alpha value is -2.76. The molecule has 0 aromatic heterocycles. The summed E-state index contributed by atoms with van der Waals surface area (Å²) in [6.07, 6.45) is 0.812. The van der Waals surface area contributed by atoms with E-state index < -0.39 is 0 Å². The average Bonchev–Trinajstić information content (AvgIpc) is 2.65. The van der Waals surface area contributed by atoms with Gasteiger partial charge in [-0.2, -0.15) is 0 Å². The van der Waals surface area contributed by atoms with E-state index in [4.69, 9.17) is 9.47 Å². The molecule has 2 aromatic carbocycles. The Kier molecular flexibility index (Phi) is 7.56. The molecule has 25 heavy (non-hydrogen) atoms. The summed E-state index contributed by atoms with van der Waals surface area (Å²) in [5.74, 6) is 2.02. The molecule has 0 atom stereocenters. The number of methoxy groups -OCH3 is 1. The first-order valence-corrected chi connectivity index (χ1v) is 8.17. The number of rotatable bonds is 8. The van der Waals surface area contributed by atoms with Crippen LogP contribution in [0.5, 0.6) is 11.5 Å². The highest BCUT2D eigenvalue weighted by molar-refractivity contribution is 5.79. The highest BCUT2D eigenvalue weighted by Crippen LogP contribution is 2.16. The molecule has 0 radical (unpaired) electrons. The fourth-order valence-electron chi connectivity index (χ4n) is 2.18. The second-order valence-electron chi connectivity index (χ2n) is 5.32. The lowest BCUT2D eigenvalue weighted by Crippen LogP contribution is -2.37. The van der Waals surface area contributed by atoms with Crippen molar-refractivity contribution in [3.8, 4) is 11.5 Å². The van der Waals surface area contributed by atoms with E-state index in [2.05, 4.69) is 15.6 Å². The molecular weight excluding hydrogens is 321 g/mol. The first kappa shape index (κ1) is 18.6. The minimum atomic E-state index is -0.224. The van der Waals surface area contributed by atoms with Gasteiger partial charge in [-0.05, 0) is 36.8 Å². The van der Waals surface area contributed by atoms with Crippen LogP contribution in [0.15, 0.2) is 53.5 Å². The highest BCUT2D eigenvalue weighted by atomic mass is 19.1. The summed E-state index contributed by atoms with van der Waals surface area (Å²) in [7, 11) is 3.32. The van der Waals surface area contributed by atoms with E-state index in [-0.39, 0.29) is 5.82 Å². The number of hydrogen-bond acceptors (Lipinski definition) is 3. The number of nitrogens with zero attached hydrogens (tertiary/aromatic N) is 1. The zero-order valence-electron chi connectivity index (χ0n) is 14.6. The summed E-state index contributed by atoms with van der Waals surface area (Å²) in [5, 5.41) is 6.27. The SMILES string of the molecule is CN=C(NCCCOc1ccc(OC)cc1)NCc1ccccc1F. The number of aliphatic imine (C=N–C) groups is 1. The summed E-state index contributed by atoms with van der Waals surface area (Å²) in [6, 6.07) is 14.2. The van der Waals surface area contributed by atoms with Crippen molar-refractivity contribution in [3.05, 3.63) is 59.9 Å². The number of halogens is 1. The standard InChI is InChI=1S/C19H24FN3O2/c1-21-19(23-14-15-6-3-4-7-18(15)20)22-12-5-13-25-17-10-8-16(24-2)9-11-17/h3-4,6-11H,5,12-14H2,1-2H3,(H2,21,22,23). The Labute approximate surface area is 147 Å². The monoisotopic (exact) mass is 345 g/mol. The van der Waals surface area contributed by atoms with Gasteiger partial charge in [0, 0.05) is 25.7 Å². The van der Waals surface area contributed by atoms with Crippen LogP contribution in [-0.4, -0.2) is 33.3 Å². The van der Waals surface area contributed by atoms with Gasteiger partial charge in [0.25, 0.3) is 0 Å². The molecule has 0 aliphatic heterocycles. The number of hydrogen-bond donors (Lipinski definition) is 2. The van der Waals surface area contributed by atoms with Gasteiger partial charge >= 0.3 is 0 Å². The van der Waals surface area contributed by atoms with Gasteiger partial charge in [0.15, 0.2) is 5.96 Å². The van der Waals surface area contributed by atoms with Crippen molar-refractivity contribution in [2.24, 2.45) is 4.99 Å². The first-order chi connectivity index (χ1) is 12.2. The Balaban J connectivity index is 1.64. The predicted octanol–water partition coefficient (Wildman–Crippen LogP) is 2.97. The van der Waals surface area contributed by atoms with Gasteiger partial charge in [-0.1, -0.05) is 18.2 Å². The minimum absolute atomic E-state index is 0.224. The van der Waals surface area contributed by atoms with Crippen LogP contribution in [0.3, 0.4) is 0 Å². The molecule has 0 heterocycles. The van der Waals surface area contributed by atoms with Gasteiger partial charge in [-0.3, -0.25) is 4.99 Å². The lowest BCUT2D eigenvalue weighted by Gasteiger charge is -2.12. The van der Waals surface area contributed by atoms with E-state index >= 15 is 0 Å². The minimum Gasteiger partial charge on any atom is -0.497 e. The van der Waals surface area contributed by atoms with E-state index in [9.17, 15) is 4.39 Å². The summed E-state index contributed by atoms with van der Waals surface area (Å²) >= 11 is 0. The van der Waals surface area contributed by atoms with Crippen LogP contribution < -0.4 is 20.1 Å². The van der Waals surface area contributed by atoms with Gasteiger partial charge < -0.3 is 20.1 Å². The average molecular weight is 345 g/mol. The van der Waals surface area contributed by atoms with Crippen molar-refractivity contribution in [2.75, 3.05) is 27.3 Å². The van der Waals surface area contributed by atoms with Crippen LogP contribution >= 0.6 is 0 Å². The van der Waals surface area contributed by atoms with Crippen LogP contribution in [0.1, 0.15) is 12.0 Å². The summed E-state index contributed by atoms with van der Waals surface area (Å²) in [6.45, 7) is 1.67. The molecule has 2 N–H and O–H groups in total. The molecule has 0 bridgehead atoms. The maximum atomic E-state index is 13.6. The van der Waals surface area contributed by atoms with Crippen molar-refractivity contribution in [3.63, 3.8) is 0 Å². The molecule has 2 aromatic rings. The van der Waals surface area contributed by atoms with Crippen molar-refractivity contribution in [1.82, 2.24) is 10.6 Å². The summed E-state index contributed by atoms with van der Waals surface area (Å²) in [5.41, 5.74) is 0.605. The second kappa shape index (κ2) is 10.2. The van der Waals surface area contributed by atoms with Gasteiger partial charge in [0.05, 0.1) is 13.7 Å². The molecule has 0 saturated heterocycles. The Morgan fingerprint density at radius 3 is 2.44 bits per heavy atom. The normalized spacial score (nSPS) is 11.1. The van der Waals surface area contributed by atoms with Crippen molar-refractivity contribution in [2.45, 2.75) is 13.0 Å². The van der Waals surface area contributed by atoms with Crippen LogP contribution in [-0.2, 0) is 6.54 Å². The van der Waals surface area contributed by atoms with Gasteiger partial charge in [0.2, 0.25) is 0 Å². The third-order valence-corrected chi connectivity index (χ3v) is 3.57. The van der Waals surface area contributed by atoms with E-state index in [1.807, 2.05) is 30.3 Å². The smallest absolute Gasteiger partial charge is 0.191 e. The van der Waals surface area contributed by atoms with Crippen molar-refractivity contribution in [1.29, 1.82) is 0 Å². The fourth-order valence-corrected chi connectivity index (χ4v) is 2.18. The molecule has 134 valence electrons. The van der Waals surface area contributed by atoms with Crippen LogP contribution in [0.4, 0.5) is 4.39 Å². The van der Waals surface area contributed by atoms with E-state index in [1.54, 1.807) is 26.3 Å². The molecule has 0 spiro atoms. The van der Waals surface area contributed by atoms with Gasteiger partial charge in [0.1, 0.15) is 17.3 Å². The molecular formula is C19H24FN3O2. The number of benzene rings is 2. The molecule has 6 heteroatoms. The lowest BCUT2D eigenvalue weighted by atomic mass is 10.2. The van der Waals surface area contributed by atoms with Crippen molar-refractivity contribution >= 4 is 5.96 Å². The second-order valence-corrected chi connectivity index (χ2v) is 5.32. The number of ether oxygens (including phenoxy) is 2. The highest BCUT2D eigenvalue weighted by Gasteiger charge is 2.02. The molecule has 0 saturated carbocycles. The van der Waals surface area contributed by atoms with E-state index in [0.717, 1.165) is 17.9 Å². The maximum absolute atomic E-state index is 13.6. The van der Waals surface area contributed by atoms with Crippen molar-refractivity contribution < 1.29 is 13.9 Å². The quantitative estimate of drug-likeness (QED) is 0.439. The van der Waals surface area contributed by atoms with Crippen LogP contribution in [0.25, 0.3) is 0 Å². The largest absolute Gasteiger partial charge is 0.497 e. The summed E-state index contributed by atoms with van der Waals surface area (Å²) in [4.78, 5) is 4.12.